The SMILES string of the molecule is CC(C)CC(C)(C(O)OCCS(C)(C)C)C(C)(C)C. The molecule has 0 rings (SSSR count). The van der Waals surface area contributed by atoms with E-state index in [1.165, 1.54) is 0 Å². The summed E-state index contributed by atoms with van der Waals surface area (Å²) in [6, 6.07) is 0. The minimum absolute atomic E-state index is 0.0191. The highest BCUT2D eigenvalue weighted by molar-refractivity contribution is 8.32. The Morgan fingerprint density at radius 2 is 1.53 bits per heavy atom. The summed E-state index contributed by atoms with van der Waals surface area (Å²) < 4.78 is 5.79. The lowest BCUT2D eigenvalue weighted by molar-refractivity contribution is -0.205. The molecule has 0 spiro atoms. The van der Waals surface area contributed by atoms with Crippen molar-refractivity contribution < 1.29 is 9.84 Å². The zero-order valence-electron chi connectivity index (χ0n) is 14.5. The third-order valence-electron chi connectivity index (χ3n) is 4.06. The maximum absolute atomic E-state index is 10.5. The largest absolute Gasteiger partial charge is 0.367 e. The molecular formula is C16H36O2S. The Hall–Kier alpha value is 0.270. The quantitative estimate of drug-likeness (QED) is 0.715. The molecule has 2 nitrogen and oxygen atoms in total. The van der Waals surface area contributed by atoms with Gasteiger partial charge in [-0.1, -0.05) is 41.5 Å². The molecule has 0 amide bonds. The van der Waals surface area contributed by atoms with E-state index in [1.807, 2.05) is 0 Å². The molecule has 2 atom stereocenters. The fourth-order valence-electron chi connectivity index (χ4n) is 2.22. The molecule has 1 N–H and O–H groups in total. The Balaban J connectivity index is 4.70. The van der Waals surface area contributed by atoms with Crippen molar-refractivity contribution in [3.8, 4) is 0 Å². The molecule has 0 aromatic carbocycles. The molecule has 2 unspecified atom stereocenters. The molecular weight excluding hydrogens is 256 g/mol. The summed E-state index contributed by atoms with van der Waals surface area (Å²) in [6.07, 6.45) is 7.12. The Kier molecular flexibility index (Phi) is 6.92. The molecule has 0 aliphatic heterocycles. The molecule has 0 aromatic rings. The first-order chi connectivity index (χ1) is 8.29. The van der Waals surface area contributed by atoms with Crippen molar-refractivity contribution in [3.63, 3.8) is 0 Å². The van der Waals surface area contributed by atoms with Gasteiger partial charge in [0.1, 0.15) is 0 Å². The molecule has 0 heterocycles. The number of ether oxygens (including phenoxy) is 1. The average Bonchev–Trinajstić information content (AvgIpc) is 2.12. The predicted octanol–water partition coefficient (Wildman–Crippen LogP) is 4.11. The highest BCUT2D eigenvalue weighted by atomic mass is 32.3. The first-order valence-electron chi connectivity index (χ1n) is 7.25. The van der Waals surface area contributed by atoms with Crippen molar-refractivity contribution in [2.24, 2.45) is 16.7 Å². The standard InChI is InChI=1S/C16H36O2S/c1-13(2)12-16(6,15(3,4)5)14(17)18-10-11-19(7,8)9/h13-14,17H,10-12H2,1-9H3. The lowest BCUT2D eigenvalue weighted by Gasteiger charge is -2.46. The Bertz CT molecular complexity index is 263. The second-order valence-electron chi connectivity index (χ2n) is 8.28. The zero-order valence-corrected chi connectivity index (χ0v) is 15.4. The van der Waals surface area contributed by atoms with Crippen LogP contribution in [0.2, 0.25) is 0 Å². The smallest absolute Gasteiger partial charge is 0.160 e. The lowest BCUT2D eigenvalue weighted by atomic mass is 9.63. The molecule has 0 aromatic heterocycles. The third-order valence-corrected chi connectivity index (χ3v) is 5.45. The first-order valence-corrected chi connectivity index (χ1v) is 10.3. The number of hydrogen-bond donors (Lipinski definition) is 1. The van der Waals surface area contributed by atoms with Crippen LogP contribution in [-0.4, -0.2) is 42.5 Å². The second-order valence-corrected chi connectivity index (χ2v) is 12.9. The lowest BCUT2D eigenvalue weighted by Crippen LogP contribution is -2.46. The van der Waals surface area contributed by atoms with Gasteiger partial charge in [0.2, 0.25) is 0 Å². The van der Waals surface area contributed by atoms with E-state index in [-0.39, 0.29) is 10.8 Å². The van der Waals surface area contributed by atoms with E-state index < -0.39 is 16.3 Å². The fourth-order valence-corrected chi connectivity index (χ4v) is 2.82. The Morgan fingerprint density at radius 1 is 1.05 bits per heavy atom. The van der Waals surface area contributed by atoms with E-state index in [0.29, 0.717) is 12.5 Å². The van der Waals surface area contributed by atoms with Crippen molar-refractivity contribution in [2.75, 3.05) is 31.1 Å². The molecule has 0 saturated heterocycles. The normalized spacial score (nSPS) is 19.3. The number of aliphatic hydroxyl groups is 1. The molecule has 3 heteroatoms. The summed E-state index contributed by atoms with van der Waals surface area (Å²) in [4.78, 5) is 0. The molecule has 0 aliphatic carbocycles. The molecule has 0 fully saturated rings. The van der Waals surface area contributed by atoms with Crippen molar-refractivity contribution in [1.82, 2.24) is 0 Å². The summed E-state index contributed by atoms with van der Waals surface area (Å²) in [5.41, 5.74) is -0.195. The van der Waals surface area contributed by atoms with E-state index in [2.05, 4.69) is 60.3 Å². The van der Waals surface area contributed by atoms with Crippen LogP contribution >= 0.6 is 10.0 Å². The molecule has 0 bridgehead atoms. The first kappa shape index (κ1) is 19.3. The average molecular weight is 293 g/mol. The number of rotatable bonds is 7. The van der Waals surface area contributed by atoms with E-state index in [1.54, 1.807) is 0 Å². The maximum atomic E-state index is 10.5. The van der Waals surface area contributed by atoms with Crippen LogP contribution in [0.15, 0.2) is 0 Å². The van der Waals surface area contributed by atoms with Gasteiger partial charge >= 0.3 is 0 Å². The molecule has 0 saturated carbocycles. The van der Waals surface area contributed by atoms with Crippen LogP contribution in [-0.2, 0) is 4.74 Å². The summed E-state index contributed by atoms with van der Waals surface area (Å²) in [6.45, 7) is 13.8. The van der Waals surface area contributed by atoms with E-state index in [0.717, 1.165) is 12.2 Å². The van der Waals surface area contributed by atoms with E-state index in [4.69, 9.17) is 4.74 Å². The third kappa shape index (κ3) is 6.50. The Labute approximate surface area is 122 Å². The molecule has 0 radical (unpaired) electrons. The van der Waals surface area contributed by atoms with Crippen LogP contribution in [0.5, 0.6) is 0 Å². The van der Waals surface area contributed by atoms with Crippen molar-refractivity contribution >= 4 is 10.0 Å². The van der Waals surface area contributed by atoms with Gasteiger partial charge in [0.15, 0.2) is 6.29 Å². The van der Waals surface area contributed by atoms with Gasteiger partial charge in [-0.3, -0.25) is 0 Å². The van der Waals surface area contributed by atoms with Crippen LogP contribution < -0.4 is 0 Å². The molecule has 19 heavy (non-hydrogen) atoms. The fraction of sp³-hybridized carbons (Fsp3) is 1.00. The topological polar surface area (TPSA) is 29.5 Å². The van der Waals surface area contributed by atoms with Gasteiger partial charge < -0.3 is 9.84 Å². The minimum Gasteiger partial charge on any atom is -0.367 e. The Morgan fingerprint density at radius 3 is 1.84 bits per heavy atom. The van der Waals surface area contributed by atoms with Gasteiger partial charge in [-0.2, -0.15) is 0 Å². The monoisotopic (exact) mass is 292 g/mol. The van der Waals surface area contributed by atoms with E-state index >= 15 is 0 Å². The van der Waals surface area contributed by atoms with Gasteiger partial charge in [0.25, 0.3) is 0 Å². The summed E-state index contributed by atoms with van der Waals surface area (Å²) in [5.74, 6) is 1.60. The van der Waals surface area contributed by atoms with Crippen LogP contribution in [0.25, 0.3) is 0 Å². The molecule has 0 aliphatic rings. The van der Waals surface area contributed by atoms with Gasteiger partial charge in [0.05, 0.1) is 6.61 Å². The molecule has 118 valence electrons. The minimum atomic E-state index is -0.684. The van der Waals surface area contributed by atoms with Crippen LogP contribution in [0, 0.1) is 16.7 Å². The second kappa shape index (κ2) is 6.82. The van der Waals surface area contributed by atoms with Crippen LogP contribution in [0.1, 0.15) is 48.0 Å². The number of aliphatic hydroxyl groups excluding tert-OH is 1. The highest BCUT2D eigenvalue weighted by Crippen LogP contribution is 2.46. The summed E-state index contributed by atoms with van der Waals surface area (Å²) in [5, 5.41) is 10.5. The highest BCUT2D eigenvalue weighted by Gasteiger charge is 2.44. The maximum Gasteiger partial charge on any atom is 0.160 e. The van der Waals surface area contributed by atoms with Crippen molar-refractivity contribution in [2.45, 2.75) is 54.3 Å². The van der Waals surface area contributed by atoms with E-state index in [9.17, 15) is 5.11 Å². The summed E-state index contributed by atoms with van der Waals surface area (Å²) in [7, 11) is -0.560. The van der Waals surface area contributed by atoms with Gasteiger partial charge in [-0.15, -0.1) is 0 Å². The van der Waals surface area contributed by atoms with Crippen molar-refractivity contribution in [1.29, 1.82) is 0 Å². The van der Waals surface area contributed by atoms with Crippen LogP contribution in [0.3, 0.4) is 0 Å². The summed E-state index contributed by atoms with van der Waals surface area (Å²) >= 11 is 0. The van der Waals surface area contributed by atoms with Gasteiger partial charge in [0, 0.05) is 11.2 Å². The van der Waals surface area contributed by atoms with Gasteiger partial charge in [-0.25, -0.2) is 10.0 Å². The number of hydrogen-bond acceptors (Lipinski definition) is 2. The van der Waals surface area contributed by atoms with Gasteiger partial charge in [-0.05, 0) is 36.5 Å². The predicted molar refractivity (Wildman–Crippen MR) is 89.2 cm³/mol. The zero-order chi connectivity index (χ0) is 15.5. The van der Waals surface area contributed by atoms with Crippen LogP contribution in [0.4, 0.5) is 0 Å². The van der Waals surface area contributed by atoms with Crippen molar-refractivity contribution in [3.05, 3.63) is 0 Å².